The number of nitrogens with one attached hydrogen (secondary N) is 1. The highest BCUT2D eigenvalue weighted by molar-refractivity contribution is 5.79. The maximum absolute atomic E-state index is 13.6. The lowest BCUT2D eigenvalue weighted by Crippen LogP contribution is -2.40. The van der Waals surface area contributed by atoms with E-state index >= 15 is 0 Å². The van der Waals surface area contributed by atoms with Crippen LogP contribution in [0.5, 0.6) is 0 Å². The summed E-state index contributed by atoms with van der Waals surface area (Å²) in [5.41, 5.74) is 4.80. The third-order valence-corrected chi connectivity index (χ3v) is 6.33. The maximum atomic E-state index is 13.6. The van der Waals surface area contributed by atoms with Gasteiger partial charge in [0.15, 0.2) is 0 Å². The van der Waals surface area contributed by atoms with Crippen LogP contribution in [0, 0.1) is 5.92 Å². The molecule has 35 heavy (non-hydrogen) atoms. The van der Waals surface area contributed by atoms with Crippen molar-refractivity contribution < 1.29 is 4.79 Å². The third-order valence-electron chi connectivity index (χ3n) is 6.33. The minimum absolute atomic E-state index is 0.0429. The number of amides is 1. The molecule has 0 fully saturated rings. The van der Waals surface area contributed by atoms with Crippen molar-refractivity contribution in [1.82, 2.24) is 10.2 Å². The molecule has 4 aromatic carbocycles. The van der Waals surface area contributed by atoms with Crippen molar-refractivity contribution in [3.63, 3.8) is 0 Å². The van der Waals surface area contributed by atoms with Crippen molar-refractivity contribution >= 4 is 5.91 Å². The molecule has 0 aliphatic carbocycles. The third kappa shape index (κ3) is 7.66. The van der Waals surface area contributed by atoms with E-state index in [1.54, 1.807) is 0 Å². The Hall–Kier alpha value is -3.69. The van der Waals surface area contributed by atoms with E-state index in [0.717, 1.165) is 18.7 Å². The van der Waals surface area contributed by atoms with Crippen LogP contribution in [0.3, 0.4) is 0 Å². The molecule has 0 aromatic heterocycles. The summed E-state index contributed by atoms with van der Waals surface area (Å²) in [4.78, 5) is 16.0. The van der Waals surface area contributed by atoms with E-state index in [1.807, 2.05) is 48.5 Å². The minimum atomic E-state index is -0.170. The van der Waals surface area contributed by atoms with Crippen LogP contribution in [-0.4, -0.2) is 17.4 Å². The Morgan fingerprint density at radius 3 is 1.57 bits per heavy atom. The molecular formula is C32H34N2O. The van der Waals surface area contributed by atoms with E-state index in [1.165, 1.54) is 16.7 Å². The van der Waals surface area contributed by atoms with E-state index < -0.39 is 0 Å². The highest BCUT2D eigenvalue weighted by Crippen LogP contribution is 2.18. The molecule has 2 atom stereocenters. The number of benzene rings is 4. The lowest BCUT2D eigenvalue weighted by Gasteiger charge is -2.28. The molecule has 0 saturated carbocycles. The van der Waals surface area contributed by atoms with E-state index in [4.69, 9.17) is 0 Å². The Kier molecular flexibility index (Phi) is 8.85. The topological polar surface area (TPSA) is 32.3 Å². The van der Waals surface area contributed by atoms with Crippen LogP contribution in [0.15, 0.2) is 121 Å². The molecule has 0 heterocycles. The van der Waals surface area contributed by atoms with Gasteiger partial charge in [0.1, 0.15) is 0 Å². The smallest absolute Gasteiger partial charge is 0.225 e. The first-order valence-corrected chi connectivity index (χ1v) is 12.4. The Bertz CT molecular complexity index is 1110. The van der Waals surface area contributed by atoms with E-state index in [-0.39, 0.29) is 17.9 Å². The van der Waals surface area contributed by atoms with Crippen LogP contribution in [0.1, 0.15) is 35.2 Å². The van der Waals surface area contributed by atoms with Gasteiger partial charge in [0.2, 0.25) is 5.91 Å². The van der Waals surface area contributed by atoms with Crippen LogP contribution in [0.25, 0.3) is 0 Å². The van der Waals surface area contributed by atoms with Crippen molar-refractivity contribution in [3.8, 4) is 0 Å². The fourth-order valence-corrected chi connectivity index (χ4v) is 4.47. The van der Waals surface area contributed by atoms with Gasteiger partial charge in [-0.15, -0.1) is 0 Å². The molecule has 3 heteroatoms. The summed E-state index contributed by atoms with van der Waals surface area (Å²) in [5.74, 6) is -0.0766. The summed E-state index contributed by atoms with van der Waals surface area (Å²) in [6, 6.07) is 41.5. The molecule has 0 spiro atoms. The molecular weight excluding hydrogens is 428 g/mol. The molecule has 4 rings (SSSR count). The second kappa shape index (κ2) is 12.7. The number of nitrogens with zero attached hydrogens (tertiary/aromatic N) is 1. The second-order valence-electron chi connectivity index (χ2n) is 9.17. The van der Waals surface area contributed by atoms with Crippen molar-refractivity contribution in [1.29, 1.82) is 0 Å². The van der Waals surface area contributed by atoms with Crippen molar-refractivity contribution in [2.75, 3.05) is 6.54 Å². The molecule has 3 nitrogen and oxygen atoms in total. The number of hydrogen-bond acceptors (Lipinski definition) is 2. The van der Waals surface area contributed by atoms with E-state index in [9.17, 15) is 4.79 Å². The lowest BCUT2D eigenvalue weighted by molar-refractivity contribution is -0.126. The zero-order chi connectivity index (χ0) is 24.3. The van der Waals surface area contributed by atoms with Gasteiger partial charge in [-0.3, -0.25) is 9.69 Å². The van der Waals surface area contributed by atoms with Crippen LogP contribution in [0.2, 0.25) is 0 Å². The monoisotopic (exact) mass is 462 g/mol. The Balaban J connectivity index is 1.55. The number of hydrogen-bond donors (Lipinski definition) is 1. The van der Waals surface area contributed by atoms with Gasteiger partial charge in [0.05, 0.1) is 12.0 Å². The predicted molar refractivity (Wildman–Crippen MR) is 144 cm³/mol. The fraction of sp³-hybridized carbons (Fsp3) is 0.219. The highest BCUT2D eigenvalue weighted by Gasteiger charge is 2.24. The number of carbonyl (C=O) groups is 1. The first kappa shape index (κ1) is 24.4. The normalized spacial score (nSPS) is 12.7. The first-order valence-electron chi connectivity index (χ1n) is 12.4. The average molecular weight is 463 g/mol. The standard InChI is InChI=1S/C32H34N2O/c1-26(30-20-12-5-13-21-30)33-32(35)31(22-27-14-6-2-7-15-27)25-34(23-28-16-8-3-9-17-28)24-29-18-10-4-11-19-29/h2-21,26,31H,22-25H2,1H3,(H,33,35)/t26-,31-/m1/s1. The van der Waals surface area contributed by atoms with Gasteiger partial charge < -0.3 is 5.32 Å². The molecule has 1 amide bonds. The first-order chi connectivity index (χ1) is 17.2. The Morgan fingerprint density at radius 2 is 1.09 bits per heavy atom. The molecule has 1 N–H and O–H groups in total. The summed E-state index contributed by atoms with van der Waals surface area (Å²) < 4.78 is 0. The van der Waals surface area contributed by atoms with Gasteiger partial charge in [0, 0.05) is 19.6 Å². The van der Waals surface area contributed by atoms with Crippen LogP contribution < -0.4 is 5.32 Å². The van der Waals surface area contributed by atoms with Gasteiger partial charge in [-0.25, -0.2) is 0 Å². The molecule has 178 valence electrons. The van der Waals surface area contributed by atoms with E-state index in [2.05, 4.69) is 89.9 Å². The molecule has 0 saturated heterocycles. The number of rotatable bonds is 11. The molecule has 0 unspecified atom stereocenters. The average Bonchev–Trinajstić information content (AvgIpc) is 2.90. The Labute approximate surface area is 209 Å². The fourth-order valence-electron chi connectivity index (χ4n) is 4.47. The number of carbonyl (C=O) groups excluding carboxylic acids is 1. The molecule has 0 aliphatic heterocycles. The zero-order valence-corrected chi connectivity index (χ0v) is 20.4. The summed E-state index contributed by atoms with van der Waals surface area (Å²) >= 11 is 0. The van der Waals surface area contributed by atoms with Crippen LogP contribution in [-0.2, 0) is 24.3 Å². The van der Waals surface area contributed by atoms with Crippen molar-refractivity contribution in [2.45, 2.75) is 32.5 Å². The van der Waals surface area contributed by atoms with Crippen molar-refractivity contribution in [3.05, 3.63) is 144 Å². The van der Waals surface area contributed by atoms with E-state index in [0.29, 0.717) is 13.0 Å². The Morgan fingerprint density at radius 1 is 0.657 bits per heavy atom. The predicted octanol–water partition coefficient (Wildman–Crippen LogP) is 6.43. The van der Waals surface area contributed by atoms with Crippen LogP contribution in [0.4, 0.5) is 0 Å². The van der Waals surface area contributed by atoms with Gasteiger partial charge in [-0.05, 0) is 35.6 Å². The highest BCUT2D eigenvalue weighted by atomic mass is 16.2. The van der Waals surface area contributed by atoms with Crippen LogP contribution >= 0.6 is 0 Å². The lowest BCUT2D eigenvalue weighted by atomic mass is 9.96. The molecule has 4 aromatic rings. The summed E-state index contributed by atoms with van der Waals surface area (Å²) in [6.07, 6.45) is 0.703. The van der Waals surface area contributed by atoms with Gasteiger partial charge in [-0.2, -0.15) is 0 Å². The minimum Gasteiger partial charge on any atom is -0.349 e. The molecule has 0 radical (unpaired) electrons. The zero-order valence-electron chi connectivity index (χ0n) is 20.4. The molecule has 0 aliphatic rings. The SMILES string of the molecule is C[C@@H](NC(=O)[C@H](Cc1ccccc1)CN(Cc1ccccc1)Cc1ccccc1)c1ccccc1. The summed E-state index contributed by atoms with van der Waals surface area (Å²) in [7, 11) is 0. The van der Waals surface area contributed by atoms with Gasteiger partial charge in [-0.1, -0.05) is 121 Å². The maximum Gasteiger partial charge on any atom is 0.225 e. The quantitative estimate of drug-likeness (QED) is 0.279. The summed E-state index contributed by atoms with van der Waals surface area (Å²) in [6.45, 7) is 4.32. The van der Waals surface area contributed by atoms with Gasteiger partial charge in [0.25, 0.3) is 0 Å². The summed E-state index contributed by atoms with van der Waals surface area (Å²) in [5, 5.41) is 3.28. The second-order valence-corrected chi connectivity index (χ2v) is 9.17. The molecule has 0 bridgehead atoms. The van der Waals surface area contributed by atoms with Crippen molar-refractivity contribution in [2.24, 2.45) is 5.92 Å². The van der Waals surface area contributed by atoms with Gasteiger partial charge >= 0.3 is 0 Å². The largest absolute Gasteiger partial charge is 0.349 e.